The van der Waals surface area contributed by atoms with Crippen molar-refractivity contribution in [2.45, 2.75) is 44.4 Å². The summed E-state index contributed by atoms with van der Waals surface area (Å²) in [5.74, 6) is 2.29. The lowest BCUT2D eigenvalue weighted by Gasteiger charge is -2.15. The van der Waals surface area contributed by atoms with Crippen LogP contribution < -0.4 is 4.74 Å². The van der Waals surface area contributed by atoms with Gasteiger partial charge in [0, 0.05) is 19.7 Å². The highest BCUT2D eigenvalue weighted by molar-refractivity contribution is 5.93. The lowest BCUT2D eigenvalue weighted by atomic mass is 9.92. The predicted octanol–water partition coefficient (Wildman–Crippen LogP) is 5.62. The Hall–Kier alpha value is -2.29. The molecule has 0 radical (unpaired) electrons. The molecule has 1 aliphatic carbocycles. The van der Waals surface area contributed by atoms with Gasteiger partial charge in [0.15, 0.2) is 0 Å². The topological polar surface area (TPSA) is 29.5 Å². The van der Waals surface area contributed by atoms with E-state index in [1.54, 1.807) is 31.1 Å². The summed E-state index contributed by atoms with van der Waals surface area (Å²) in [6, 6.07) is 15.8. The molecule has 3 rings (SSSR count). The molecule has 0 unspecified atom stereocenters. The van der Waals surface area contributed by atoms with Gasteiger partial charge < -0.3 is 9.64 Å². The average Bonchev–Trinajstić information content (AvgIpc) is 2.92. The van der Waals surface area contributed by atoms with Gasteiger partial charge >= 0.3 is 0 Å². The third-order valence-electron chi connectivity index (χ3n) is 4.95. The van der Waals surface area contributed by atoms with Crippen molar-refractivity contribution < 1.29 is 9.53 Å². The van der Waals surface area contributed by atoms with Crippen LogP contribution >= 0.6 is 0 Å². The SMILES string of the molecule is CN(C)C(=O)c1ccc(Oc2ccc(C3CCCCCC3)cc2)cc1. The van der Waals surface area contributed by atoms with E-state index in [1.165, 1.54) is 44.1 Å². The van der Waals surface area contributed by atoms with Crippen molar-refractivity contribution in [3.05, 3.63) is 59.7 Å². The molecule has 0 aliphatic heterocycles. The fraction of sp³-hybridized carbons (Fsp3) is 0.409. The summed E-state index contributed by atoms with van der Waals surface area (Å²) < 4.78 is 5.92. The van der Waals surface area contributed by atoms with Crippen molar-refractivity contribution in [2.24, 2.45) is 0 Å². The highest BCUT2D eigenvalue weighted by Gasteiger charge is 2.14. The summed E-state index contributed by atoms with van der Waals surface area (Å²) >= 11 is 0. The molecule has 0 heterocycles. The van der Waals surface area contributed by atoms with Crippen LogP contribution in [0.25, 0.3) is 0 Å². The fourth-order valence-corrected chi connectivity index (χ4v) is 3.48. The largest absolute Gasteiger partial charge is 0.457 e. The third-order valence-corrected chi connectivity index (χ3v) is 4.95. The molecule has 0 spiro atoms. The highest BCUT2D eigenvalue weighted by atomic mass is 16.5. The second-order valence-corrected chi connectivity index (χ2v) is 7.08. The maximum absolute atomic E-state index is 11.9. The van der Waals surface area contributed by atoms with Gasteiger partial charge in [-0.15, -0.1) is 0 Å². The maximum atomic E-state index is 11.9. The van der Waals surface area contributed by atoms with Crippen LogP contribution in [0.2, 0.25) is 0 Å². The molecule has 1 saturated carbocycles. The van der Waals surface area contributed by atoms with Gasteiger partial charge in [-0.1, -0.05) is 37.8 Å². The van der Waals surface area contributed by atoms with Crippen molar-refractivity contribution in [3.63, 3.8) is 0 Å². The van der Waals surface area contributed by atoms with Gasteiger partial charge in [0.2, 0.25) is 0 Å². The van der Waals surface area contributed by atoms with Crippen molar-refractivity contribution >= 4 is 5.91 Å². The summed E-state index contributed by atoms with van der Waals surface area (Å²) in [6.07, 6.45) is 8.07. The van der Waals surface area contributed by atoms with E-state index < -0.39 is 0 Å². The van der Waals surface area contributed by atoms with Crippen molar-refractivity contribution in [2.75, 3.05) is 14.1 Å². The van der Waals surface area contributed by atoms with Crippen LogP contribution in [-0.2, 0) is 0 Å². The molecule has 3 nitrogen and oxygen atoms in total. The summed E-state index contributed by atoms with van der Waals surface area (Å²) in [5.41, 5.74) is 2.10. The van der Waals surface area contributed by atoms with Gasteiger partial charge in [0.05, 0.1) is 0 Å². The van der Waals surface area contributed by atoms with Crippen molar-refractivity contribution in [1.82, 2.24) is 4.90 Å². The van der Waals surface area contributed by atoms with E-state index >= 15 is 0 Å². The summed E-state index contributed by atoms with van der Waals surface area (Å²) in [7, 11) is 3.51. The van der Waals surface area contributed by atoms with Crippen LogP contribution in [0.5, 0.6) is 11.5 Å². The first kappa shape index (κ1) is 17.5. The second-order valence-electron chi connectivity index (χ2n) is 7.08. The summed E-state index contributed by atoms with van der Waals surface area (Å²) in [6.45, 7) is 0. The zero-order chi connectivity index (χ0) is 17.6. The first-order valence-electron chi connectivity index (χ1n) is 9.23. The number of amides is 1. The summed E-state index contributed by atoms with van der Waals surface area (Å²) in [5, 5.41) is 0. The highest BCUT2D eigenvalue weighted by Crippen LogP contribution is 2.33. The molecule has 132 valence electrons. The van der Waals surface area contributed by atoms with Crippen LogP contribution in [-0.4, -0.2) is 24.9 Å². The van der Waals surface area contributed by atoms with E-state index in [0.29, 0.717) is 11.5 Å². The lowest BCUT2D eigenvalue weighted by Crippen LogP contribution is -2.21. The maximum Gasteiger partial charge on any atom is 0.253 e. The Bertz CT molecular complexity index is 681. The molecule has 3 heteroatoms. The Balaban J connectivity index is 1.64. The first-order valence-corrected chi connectivity index (χ1v) is 9.23. The average molecular weight is 337 g/mol. The Morgan fingerprint density at radius 2 is 1.36 bits per heavy atom. The number of hydrogen-bond donors (Lipinski definition) is 0. The number of hydrogen-bond acceptors (Lipinski definition) is 2. The standard InChI is InChI=1S/C22H27NO2/c1-23(2)22(24)19-11-15-21(16-12-19)25-20-13-9-18(10-14-20)17-7-5-3-4-6-8-17/h9-17H,3-8H2,1-2H3. The quantitative estimate of drug-likeness (QED) is 0.678. The molecule has 1 fully saturated rings. The van der Waals surface area contributed by atoms with Crippen LogP contribution in [0.3, 0.4) is 0 Å². The zero-order valence-electron chi connectivity index (χ0n) is 15.2. The zero-order valence-corrected chi connectivity index (χ0v) is 15.2. The minimum absolute atomic E-state index is 0.000645. The van der Waals surface area contributed by atoms with E-state index in [9.17, 15) is 4.79 Å². The fourth-order valence-electron chi connectivity index (χ4n) is 3.48. The minimum atomic E-state index is -0.000645. The Morgan fingerprint density at radius 3 is 1.88 bits per heavy atom. The molecular formula is C22H27NO2. The molecule has 2 aromatic rings. The Morgan fingerprint density at radius 1 is 0.840 bits per heavy atom. The molecule has 0 atom stereocenters. The minimum Gasteiger partial charge on any atom is -0.457 e. The molecule has 0 N–H and O–H groups in total. The molecule has 1 amide bonds. The number of benzene rings is 2. The Kier molecular flexibility index (Phi) is 5.75. The van der Waals surface area contributed by atoms with E-state index in [0.717, 1.165) is 11.5 Å². The van der Waals surface area contributed by atoms with Crippen LogP contribution in [0.4, 0.5) is 0 Å². The molecular weight excluding hydrogens is 310 g/mol. The van der Waals surface area contributed by atoms with E-state index in [4.69, 9.17) is 4.74 Å². The van der Waals surface area contributed by atoms with Gasteiger partial charge in [0.25, 0.3) is 5.91 Å². The number of carbonyl (C=O) groups excluding carboxylic acids is 1. The first-order chi connectivity index (χ1) is 12.1. The molecule has 0 bridgehead atoms. The van der Waals surface area contributed by atoms with Crippen molar-refractivity contribution in [1.29, 1.82) is 0 Å². The van der Waals surface area contributed by atoms with Gasteiger partial charge in [-0.25, -0.2) is 0 Å². The van der Waals surface area contributed by atoms with E-state index in [1.807, 2.05) is 12.1 Å². The second kappa shape index (κ2) is 8.19. The van der Waals surface area contributed by atoms with Gasteiger partial charge in [-0.05, 0) is 60.7 Å². The van der Waals surface area contributed by atoms with Crippen LogP contribution in [0.1, 0.15) is 60.4 Å². The van der Waals surface area contributed by atoms with E-state index in [2.05, 4.69) is 24.3 Å². The molecule has 2 aromatic carbocycles. The van der Waals surface area contributed by atoms with Gasteiger partial charge in [-0.3, -0.25) is 4.79 Å². The van der Waals surface area contributed by atoms with Gasteiger partial charge in [-0.2, -0.15) is 0 Å². The van der Waals surface area contributed by atoms with Crippen LogP contribution in [0, 0.1) is 0 Å². The molecule has 0 saturated heterocycles. The number of rotatable bonds is 4. The monoisotopic (exact) mass is 337 g/mol. The molecule has 25 heavy (non-hydrogen) atoms. The smallest absolute Gasteiger partial charge is 0.253 e. The van der Waals surface area contributed by atoms with Crippen molar-refractivity contribution in [3.8, 4) is 11.5 Å². The molecule has 0 aromatic heterocycles. The van der Waals surface area contributed by atoms with E-state index in [-0.39, 0.29) is 5.91 Å². The number of ether oxygens (including phenoxy) is 1. The molecule has 1 aliphatic rings. The Labute approximate surface area is 150 Å². The number of carbonyl (C=O) groups is 1. The predicted molar refractivity (Wildman–Crippen MR) is 101 cm³/mol. The normalized spacial score (nSPS) is 15.4. The third kappa shape index (κ3) is 4.62. The van der Waals surface area contributed by atoms with Crippen LogP contribution in [0.15, 0.2) is 48.5 Å². The lowest BCUT2D eigenvalue weighted by molar-refractivity contribution is 0.0827. The number of nitrogens with zero attached hydrogens (tertiary/aromatic N) is 1. The summed E-state index contributed by atoms with van der Waals surface area (Å²) in [4.78, 5) is 13.5. The van der Waals surface area contributed by atoms with Gasteiger partial charge in [0.1, 0.15) is 11.5 Å².